The number of nitrogens with two attached hydrogens (primary N) is 2. The second-order valence-electron chi connectivity index (χ2n) is 3.02. The zero-order chi connectivity index (χ0) is 13.9. The average molecular weight is 292 g/mol. The Kier molecular flexibility index (Phi) is 4.29. The van der Waals surface area contributed by atoms with Gasteiger partial charge in [0, 0.05) is 5.02 Å². The van der Waals surface area contributed by atoms with E-state index >= 15 is 0 Å². The SMILES string of the molecule is NC(N)=[N+]([O-])N=Cc1cc(Cl)cc(Cl)c1[N+](=O)[O-]. The largest absolute Gasteiger partial charge is 0.722 e. The minimum Gasteiger partial charge on any atom is -0.722 e. The maximum absolute atomic E-state index is 11.0. The van der Waals surface area contributed by atoms with Crippen LogP contribution in [0, 0.1) is 15.3 Å². The summed E-state index contributed by atoms with van der Waals surface area (Å²) >= 11 is 11.4. The Labute approximate surface area is 111 Å². The molecule has 1 rings (SSSR count). The molecule has 0 aliphatic carbocycles. The van der Waals surface area contributed by atoms with E-state index < -0.39 is 16.6 Å². The monoisotopic (exact) mass is 291 g/mol. The summed E-state index contributed by atoms with van der Waals surface area (Å²) in [5.74, 6) is -0.609. The predicted octanol–water partition coefficient (Wildman–Crippen LogP) is 1.02. The summed E-state index contributed by atoms with van der Waals surface area (Å²) in [6.45, 7) is 0. The molecular formula is C8H7Cl2N5O3. The van der Waals surface area contributed by atoms with Gasteiger partial charge in [-0.05, 0) is 12.1 Å². The van der Waals surface area contributed by atoms with Gasteiger partial charge in [0.2, 0.25) is 0 Å². The molecule has 96 valence electrons. The summed E-state index contributed by atoms with van der Waals surface area (Å²) in [6, 6.07) is 2.44. The lowest BCUT2D eigenvalue weighted by molar-refractivity contribution is -0.464. The van der Waals surface area contributed by atoms with E-state index in [9.17, 15) is 15.3 Å². The van der Waals surface area contributed by atoms with Crippen LogP contribution in [0.4, 0.5) is 5.69 Å². The molecule has 0 fully saturated rings. The smallest absolute Gasteiger partial charge is 0.366 e. The summed E-state index contributed by atoms with van der Waals surface area (Å²) < 4.78 is 0. The van der Waals surface area contributed by atoms with Crippen molar-refractivity contribution >= 4 is 41.1 Å². The fourth-order valence-corrected chi connectivity index (χ4v) is 1.64. The molecule has 0 radical (unpaired) electrons. The summed E-state index contributed by atoms with van der Waals surface area (Å²) in [4.78, 5) is 9.99. The van der Waals surface area contributed by atoms with E-state index in [4.69, 9.17) is 34.7 Å². The second kappa shape index (κ2) is 5.52. The molecule has 10 heteroatoms. The summed E-state index contributed by atoms with van der Waals surface area (Å²) in [5, 5.41) is 25.0. The van der Waals surface area contributed by atoms with Crippen molar-refractivity contribution in [2.75, 3.05) is 0 Å². The van der Waals surface area contributed by atoms with Gasteiger partial charge in [-0.2, -0.15) is 0 Å². The molecule has 1 aromatic rings. The number of nitro benzene ring substituents is 1. The summed E-state index contributed by atoms with van der Waals surface area (Å²) in [7, 11) is 0. The van der Waals surface area contributed by atoms with Crippen LogP contribution in [-0.4, -0.2) is 21.9 Å². The van der Waals surface area contributed by atoms with Crippen LogP contribution < -0.4 is 11.5 Å². The summed E-state index contributed by atoms with van der Waals surface area (Å²) in [5.41, 5.74) is 9.47. The molecule has 0 unspecified atom stereocenters. The van der Waals surface area contributed by atoms with Gasteiger partial charge in [-0.3, -0.25) is 21.6 Å². The number of hydrogen-bond acceptors (Lipinski definition) is 4. The van der Waals surface area contributed by atoms with Crippen molar-refractivity contribution in [2.45, 2.75) is 0 Å². The molecular weight excluding hydrogens is 285 g/mol. The molecule has 1 aromatic carbocycles. The van der Waals surface area contributed by atoms with Crippen molar-refractivity contribution in [1.82, 2.24) is 0 Å². The van der Waals surface area contributed by atoms with E-state index in [0.717, 1.165) is 6.21 Å². The lowest BCUT2D eigenvalue weighted by Crippen LogP contribution is -2.30. The molecule has 0 heterocycles. The number of hydrogen-bond donors (Lipinski definition) is 2. The third-order valence-electron chi connectivity index (χ3n) is 1.76. The number of nitrogens with zero attached hydrogens (tertiary/aromatic N) is 3. The van der Waals surface area contributed by atoms with Crippen molar-refractivity contribution < 1.29 is 9.77 Å². The first-order chi connectivity index (χ1) is 8.32. The normalized spacial score (nSPS) is 10.6. The Morgan fingerprint density at radius 2 is 1.94 bits per heavy atom. The van der Waals surface area contributed by atoms with Crippen LogP contribution in [-0.2, 0) is 0 Å². The highest BCUT2D eigenvalue weighted by atomic mass is 35.5. The highest BCUT2D eigenvalue weighted by Gasteiger charge is 2.18. The Morgan fingerprint density at radius 1 is 1.33 bits per heavy atom. The molecule has 0 aliphatic rings. The quantitative estimate of drug-likeness (QED) is 0.214. The first kappa shape index (κ1) is 14.0. The molecule has 0 saturated heterocycles. The van der Waals surface area contributed by atoms with Gasteiger partial charge in [-0.1, -0.05) is 23.2 Å². The minimum absolute atomic E-state index is 0.0420. The summed E-state index contributed by atoms with van der Waals surface area (Å²) in [6.07, 6.45) is 0.891. The van der Waals surface area contributed by atoms with Crippen LogP contribution in [0.25, 0.3) is 0 Å². The second-order valence-corrected chi connectivity index (χ2v) is 3.87. The van der Waals surface area contributed by atoms with Crippen LogP contribution >= 0.6 is 23.2 Å². The van der Waals surface area contributed by atoms with Gasteiger partial charge >= 0.3 is 5.96 Å². The van der Waals surface area contributed by atoms with Crippen LogP contribution in [0.2, 0.25) is 10.0 Å². The van der Waals surface area contributed by atoms with Crippen LogP contribution in [0.3, 0.4) is 0 Å². The van der Waals surface area contributed by atoms with E-state index in [1.54, 1.807) is 0 Å². The molecule has 0 aliphatic heterocycles. The van der Waals surface area contributed by atoms with Gasteiger partial charge in [0.25, 0.3) is 5.69 Å². The standard InChI is InChI=1S/C8H7Cl2N5O3/c9-5-1-4(3-13-14(16)8(11)12)7(15(17)18)6(10)2-5/h1-3H,11-12H2. The topological polar surface area (TPSA) is 134 Å². The highest BCUT2D eigenvalue weighted by molar-refractivity contribution is 6.36. The van der Waals surface area contributed by atoms with Crippen molar-refractivity contribution in [3.05, 3.63) is 43.1 Å². The first-order valence-corrected chi connectivity index (χ1v) is 5.11. The van der Waals surface area contributed by atoms with Crippen molar-refractivity contribution in [1.29, 1.82) is 0 Å². The lowest BCUT2D eigenvalue weighted by Gasteiger charge is -2.04. The van der Waals surface area contributed by atoms with Gasteiger partial charge in [0.05, 0.1) is 16.7 Å². The molecule has 0 amide bonds. The number of benzene rings is 1. The number of guanidine groups is 1. The maximum atomic E-state index is 11.0. The highest BCUT2D eigenvalue weighted by Crippen LogP contribution is 2.30. The fraction of sp³-hybridized carbons (Fsp3) is 0. The maximum Gasteiger partial charge on any atom is 0.366 e. The number of rotatable bonds is 3. The van der Waals surface area contributed by atoms with E-state index in [1.807, 2.05) is 0 Å². The fourth-order valence-electron chi connectivity index (χ4n) is 1.06. The Hall–Kier alpha value is -2.06. The first-order valence-electron chi connectivity index (χ1n) is 4.35. The zero-order valence-corrected chi connectivity index (χ0v) is 10.2. The Bertz CT molecular complexity index is 554. The molecule has 0 bridgehead atoms. The number of halogens is 2. The molecule has 0 spiro atoms. The van der Waals surface area contributed by atoms with Gasteiger partial charge < -0.3 is 5.21 Å². The van der Waals surface area contributed by atoms with Gasteiger partial charge in [0.1, 0.15) is 5.02 Å². The third-order valence-corrected chi connectivity index (χ3v) is 2.27. The van der Waals surface area contributed by atoms with E-state index in [2.05, 4.69) is 5.10 Å². The predicted molar refractivity (Wildman–Crippen MR) is 67.7 cm³/mol. The van der Waals surface area contributed by atoms with Gasteiger partial charge in [0.15, 0.2) is 0 Å². The third kappa shape index (κ3) is 3.22. The van der Waals surface area contributed by atoms with Crippen molar-refractivity contribution in [3.63, 3.8) is 0 Å². The average Bonchev–Trinajstić information content (AvgIpc) is 2.23. The van der Waals surface area contributed by atoms with E-state index in [1.165, 1.54) is 12.1 Å². The number of hydrazone groups is 1. The Balaban J connectivity index is 3.32. The zero-order valence-electron chi connectivity index (χ0n) is 8.71. The number of nitro groups is 1. The lowest BCUT2D eigenvalue weighted by atomic mass is 10.2. The van der Waals surface area contributed by atoms with Gasteiger partial charge in [-0.25, -0.2) is 0 Å². The molecule has 8 nitrogen and oxygen atoms in total. The van der Waals surface area contributed by atoms with Crippen LogP contribution in [0.1, 0.15) is 5.56 Å². The van der Waals surface area contributed by atoms with E-state index in [-0.39, 0.29) is 20.5 Å². The van der Waals surface area contributed by atoms with Crippen molar-refractivity contribution in [2.24, 2.45) is 16.6 Å². The minimum atomic E-state index is -0.718. The molecule has 0 atom stereocenters. The van der Waals surface area contributed by atoms with Crippen molar-refractivity contribution in [3.8, 4) is 0 Å². The van der Waals surface area contributed by atoms with Crippen LogP contribution in [0.5, 0.6) is 0 Å². The molecule has 4 N–H and O–H groups in total. The Morgan fingerprint density at radius 3 is 2.44 bits per heavy atom. The molecule has 18 heavy (non-hydrogen) atoms. The van der Waals surface area contributed by atoms with Gasteiger partial charge in [-0.15, -0.1) is 9.95 Å². The molecule has 0 saturated carbocycles. The van der Waals surface area contributed by atoms with Crippen LogP contribution in [0.15, 0.2) is 17.2 Å². The molecule has 0 aromatic heterocycles. The van der Waals surface area contributed by atoms with E-state index in [0.29, 0.717) is 0 Å².